The maximum atomic E-state index is 13.9. The maximum absolute atomic E-state index is 13.9. The molecule has 0 bridgehead atoms. The number of phenols is 1. The van der Waals surface area contributed by atoms with Gasteiger partial charge < -0.3 is 14.9 Å². The Kier molecular flexibility index (Phi) is 7.43. The quantitative estimate of drug-likeness (QED) is 0.237. The summed E-state index contributed by atoms with van der Waals surface area (Å²) >= 11 is 7.02. The fourth-order valence-corrected chi connectivity index (χ4v) is 6.17. The summed E-state index contributed by atoms with van der Waals surface area (Å²) in [5, 5.41) is 13.6. The molecule has 2 heterocycles. The van der Waals surface area contributed by atoms with E-state index in [1.165, 1.54) is 6.08 Å². The standard InChI is InChI=1S/C34H31ClN4O3/c1-3-9-22-10-6-8-13-30(22)39-31-21-27(26-19-24(40)18-23-11-5-7-12-25(23)26)29(35)20-28(31)33(36-34(39)42)38-16-14-37(15-17-38)32(41)4-2/h4-8,10-13,18-21,40H,2-3,9,14-17H2,1H3. The molecule has 4 aromatic carbocycles. The Labute approximate surface area is 248 Å². The molecule has 1 fully saturated rings. The van der Waals surface area contributed by atoms with Gasteiger partial charge in [-0.3, -0.25) is 9.36 Å². The molecular weight excluding hydrogens is 548 g/mol. The van der Waals surface area contributed by atoms with Crippen LogP contribution in [0.5, 0.6) is 5.75 Å². The van der Waals surface area contributed by atoms with Crippen LogP contribution < -0.4 is 10.6 Å². The second kappa shape index (κ2) is 11.3. The number of aromatic nitrogens is 2. The summed E-state index contributed by atoms with van der Waals surface area (Å²) in [6.45, 7) is 7.75. The van der Waals surface area contributed by atoms with Gasteiger partial charge in [-0.2, -0.15) is 4.98 Å². The number of nitrogens with zero attached hydrogens (tertiary/aromatic N) is 4. The number of para-hydroxylation sites is 1. The van der Waals surface area contributed by atoms with E-state index < -0.39 is 0 Å². The number of carbonyl (C=O) groups is 1. The van der Waals surface area contributed by atoms with E-state index in [0.29, 0.717) is 48.1 Å². The monoisotopic (exact) mass is 578 g/mol. The van der Waals surface area contributed by atoms with Gasteiger partial charge in [-0.15, -0.1) is 0 Å². The Morgan fingerprint density at radius 3 is 2.48 bits per heavy atom. The second-order valence-electron chi connectivity index (χ2n) is 10.5. The van der Waals surface area contributed by atoms with Crippen molar-refractivity contribution in [2.75, 3.05) is 31.1 Å². The summed E-state index contributed by atoms with van der Waals surface area (Å²) in [7, 11) is 0. The zero-order valence-electron chi connectivity index (χ0n) is 23.4. The maximum Gasteiger partial charge on any atom is 0.354 e. The molecule has 6 rings (SSSR count). The number of rotatable bonds is 6. The number of hydrogen-bond donors (Lipinski definition) is 1. The lowest BCUT2D eigenvalue weighted by atomic mass is 9.96. The number of fused-ring (bicyclic) bond motifs is 2. The number of aryl methyl sites for hydroxylation is 1. The van der Waals surface area contributed by atoms with Crippen LogP contribution >= 0.6 is 11.6 Å². The van der Waals surface area contributed by atoms with Crippen LogP contribution in [-0.4, -0.2) is 51.6 Å². The lowest BCUT2D eigenvalue weighted by Gasteiger charge is -2.35. The van der Waals surface area contributed by atoms with E-state index in [4.69, 9.17) is 11.6 Å². The van der Waals surface area contributed by atoms with Gasteiger partial charge in [0.2, 0.25) is 5.91 Å². The minimum absolute atomic E-state index is 0.110. The highest BCUT2D eigenvalue weighted by Gasteiger charge is 2.25. The minimum atomic E-state index is -0.389. The van der Waals surface area contributed by atoms with Crippen molar-refractivity contribution in [2.24, 2.45) is 0 Å². The van der Waals surface area contributed by atoms with Gasteiger partial charge in [0, 0.05) is 42.2 Å². The van der Waals surface area contributed by atoms with Gasteiger partial charge in [0.1, 0.15) is 11.6 Å². The molecule has 1 saturated heterocycles. The third kappa shape index (κ3) is 4.90. The molecule has 42 heavy (non-hydrogen) atoms. The fourth-order valence-electron chi connectivity index (χ4n) is 5.91. The molecule has 1 N–H and O–H groups in total. The molecule has 1 aliphatic heterocycles. The highest BCUT2D eigenvalue weighted by molar-refractivity contribution is 6.35. The van der Waals surface area contributed by atoms with Crippen LogP contribution in [0.3, 0.4) is 0 Å². The first-order valence-electron chi connectivity index (χ1n) is 14.1. The van der Waals surface area contributed by atoms with Crippen LogP contribution in [0, 0.1) is 0 Å². The summed E-state index contributed by atoms with van der Waals surface area (Å²) in [6.07, 6.45) is 3.06. The molecule has 0 atom stereocenters. The van der Waals surface area contributed by atoms with Crippen LogP contribution in [0.4, 0.5) is 5.82 Å². The zero-order valence-corrected chi connectivity index (χ0v) is 24.1. The van der Waals surface area contributed by atoms with E-state index in [1.54, 1.807) is 21.6 Å². The smallest absolute Gasteiger partial charge is 0.354 e. The normalized spacial score (nSPS) is 13.6. The van der Waals surface area contributed by atoms with Gasteiger partial charge in [-0.25, -0.2) is 4.79 Å². The molecule has 0 saturated carbocycles. The lowest BCUT2D eigenvalue weighted by molar-refractivity contribution is -0.126. The van der Waals surface area contributed by atoms with E-state index in [0.717, 1.165) is 45.8 Å². The summed E-state index contributed by atoms with van der Waals surface area (Å²) in [4.78, 5) is 34.5. The Balaban J connectivity index is 1.61. The second-order valence-corrected chi connectivity index (χ2v) is 10.9. The molecular formula is C34H31ClN4O3. The number of halogens is 1. The molecule has 8 heteroatoms. The summed E-state index contributed by atoms with van der Waals surface area (Å²) in [6, 6.07) is 23.0. The van der Waals surface area contributed by atoms with Gasteiger partial charge in [0.25, 0.3) is 0 Å². The van der Waals surface area contributed by atoms with Crippen LogP contribution in [0.25, 0.3) is 38.5 Å². The van der Waals surface area contributed by atoms with Crippen molar-refractivity contribution in [2.45, 2.75) is 19.8 Å². The number of aromatic hydroxyl groups is 1. The Bertz CT molecular complexity index is 1910. The topological polar surface area (TPSA) is 78.7 Å². The fraction of sp³-hybridized carbons (Fsp3) is 0.206. The average molecular weight is 579 g/mol. The van der Waals surface area contributed by atoms with Gasteiger partial charge in [-0.1, -0.05) is 74.0 Å². The number of phenolic OH excluding ortho intramolecular Hbond substituents is 1. The third-order valence-electron chi connectivity index (χ3n) is 7.91. The first kappa shape index (κ1) is 27.5. The first-order valence-corrected chi connectivity index (χ1v) is 14.5. The van der Waals surface area contributed by atoms with Gasteiger partial charge in [0.15, 0.2) is 0 Å². The predicted molar refractivity (Wildman–Crippen MR) is 170 cm³/mol. The van der Waals surface area contributed by atoms with E-state index in [1.807, 2.05) is 65.6 Å². The minimum Gasteiger partial charge on any atom is -0.508 e. The third-order valence-corrected chi connectivity index (χ3v) is 8.23. The number of carbonyl (C=O) groups excluding carboxylic acids is 1. The van der Waals surface area contributed by atoms with Crippen LogP contribution in [-0.2, 0) is 11.2 Å². The molecule has 1 aromatic heterocycles. The van der Waals surface area contributed by atoms with Gasteiger partial charge in [0.05, 0.1) is 11.2 Å². The van der Waals surface area contributed by atoms with Crippen molar-refractivity contribution in [3.05, 3.63) is 107 Å². The van der Waals surface area contributed by atoms with Crippen molar-refractivity contribution < 1.29 is 9.90 Å². The molecule has 1 amide bonds. The Morgan fingerprint density at radius 1 is 0.976 bits per heavy atom. The summed E-state index contributed by atoms with van der Waals surface area (Å²) in [5.74, 6) is 0.563. The molecule has 212 valence electrons. The highest BCUT2D eigenvalue weighted by Crippen LogP contribution is 2.40. The SMILES string of the molecule is C=CC(=O)N1CCN(c2nc(=O)n(-c3ccccc3CCC)c3cc(-c4cc(O)cc5ccccc45)c(Cl)cc23)CC1. The molecule has 5 aromatic rings. The Morgan fingerprint density at radius 2 is 1.71 bits per heavy atom. The molecule has 0 unspecified atom stereocenters. The summed E-state index contributed by atoms with van der Waals surface area (Å²) < 4.78 is 1.67. The molecule has 7 nitrogen and oxygen atoms in total. The zero-order chi connectivity index (χ0) is 29.4. The summed E-state index contributed by atoms with van der Waals surface area (Å²) in [5.41, 5.74) is 3.59. The first-order chi connectivity index (χ1) is 20.4. The molecule has 0 aliphatic carbocycles. The van der Waals surface area contributed by atoms with Crippen molar-refractivity contribution in [3.8, 4) is 22.6 Å². The highest BCUT2D eigenvalue weighted by atomic mass is 35.5. The van der Waals surface area contributed by atoms with Crippen molar-refractivity contribution in [3.63, 3.8) is 0 Å². The van der Waals surface area contributed by atoms with E-state index in [-0.39, 0.29) is 17.3 Å². The van der Waals surface area contributed by atoms with Gasteiger partial charge in [-0.05, 0) is 64.7 Å². The van der Waals surface area contributed by atoms with Crippen LogP contribution in [0.2, 0.25) is 5.02 Å². The van der Waals surface area contributed by atoms with E-state index >= 15 is 0 Å². The number of hydrogen-bond acceptors (Lipinski definition) is 5. The van der Waals surface area contributed by atoms with Crippen molar-refractivity contribution in [1.82, 2.24) is 14.5 Å². The largest absolute Gasteiger partial charge is 0.508 e. The number of anilines is 1. The average Bonchev–Trinajstić information content (AvgIpc) is 3.00. The molecule has 1 aliphatic rings. The van der Waals surface area contributed by atoms with E-state index in [2.05, 4.69) is 18.5 Å². The van der Waals surface area contributed by atoms with Crippen LogP contribution in [0.15, 0.2) is 90.2 Å². The predicted octanol–water partition coefficient (Wildman–Crippen LogP) is 6.35. The number of piperazine rings is 1. The van der Waals surface area contributed by atoms with Crippen molar-refractivity contribution >= 4 is 45.0 Å². The number of amides is 1. The number of benzene rings is 4. The molecule has 0 spiro atoms. The lowest BCUT2D eigenvalue weighted by Crippen LogP contribution is -2.49. The van der Waals surface area contributed by atoms with Gasteiger partial charge >= 0.3 is 5.69 Å². The Hall–Kier alpha value is -4.62. The van der Waals surface area contributed by atoms with Crippen LogP contribution in [0.1, 0.15) is 18.9 Å². The molecule has 0 radical (unpaired) electrons. The van der Waals surface area contributed by atoms with Crippen molar-refractivity contribution in [1.29, 1.82) is 0 Å². The van der Waals surface area contributed by atoms with E-state index in [9.17, 15) is 14.7 Å².